The molecule has 3 heteroatoms. The summed E-state index contributed by atoms with van der Waals surface area (Å²) in [6.07, 6.45) is -0.255. The van der Waals surface area contributed by atoms with Gasteiger partial charge in [0, 0.05) is 19.6 Å². The summed E-state index contributed by atoms with van der Waals surface area (Å²) in [5.41, 5.74) is -0.0215. The van der Waals surface area contributed by atoms with E-state index in [0.717, 1.165) is 19.6 Å². The third-order valence-corrected chi connectivity index (χ3v) is 2.41. The number of likely N-dealkylation sites (N-methyl/N-ethyl adjacent to an activating group) is 2. The fraction of sp³-hybridized carbons (Fsp3) is 1.00. The minimum Gasteiger partial charge on any atom is -0.391 e. The van der Waals surface area contributed by atoms with E-state index in [1.807, 2.05) is 0 Å². The van der Waals surface area contributed by atoms with Crippen LogP contribution in [0.2, 0.25) is 0 Å². The summed E-state index contributed by atoms with van der Waals surface area (Å²) in [6.45, 7) is 8.98. The summed E-state index contributed by atoms with van der Waals surface area (Å²) in [4.78, 5) is 4.33. The first-order valence-corrected chi connectivity index (χ1v) is 5.25. The molecule has 86 valence electrons. The van der Waals surface area contributed by atoms with E-state index < -0.39 is 0 Å². The summed E-state index contributed by atoms with van der Waals surface area (Å²) < 4.78 is 0. The average molecular weight is 202 g/mol. The molecule has 0 amide bonds. The second kappa shape index (κ2) is 5.69. The molecule has 0 saturated carbocycles. The van der Waals surface area contributed by atoms with Crippen molar-refractivity contribution in [3.05, 3.63) is 0 Å². The number of hydrogen-bond acceptors (Lipinski definition) is 3. The molecule has 0 aliphatic rings. The maximum absolute atomic E-state index is 9.87. The van der Waals surface area contributed by atoms with E-state index in [2.05, 4.69) is 51.7 Å². The van der Waals surface area contributed by atoms with Gasteiger partial charge in [-0.25, -0.2) is 0 Å². The van der Waals surface area contributed by atoms with Crippen LogP contribution >= 0.6 is 0 Å². The highest BCUT2D eigenvalue weighted by Gasteiger charge is 2.22. The van der Waals surface area contributed by atoms with E-state index in [4.69, 9.17) is 0 Å². The number of aliphatic hydroxyl groups excluding tert-OH is 1. The largest absolute Gasteiger partial charge is 0.391 e. The Balaban J connectivity index is 3.77. The molecule has 14 heavy (non-hydrogen) atoms. The molecule has 1 unspecified atom stereocenters. The fourth-order valence-electron chi connectivity index (χ4n) is 1.03. The second-order valence-corrected chi connectivity index (χ2v) is 5.45. The molecule has 0 rings (SSSR count). The Kier molecular flexibility index (Phi) is 5.64. The van der Waals surface area contributed by atoms with Gasteiger partial charge in [0.2, 0.25) is 0 Å². The highest BCUT2D eigenvalue weighted by molar-refractivity contribution is 4.75. The zero-order chi connectivity index (χ0) is 11.4. The minimum absolute atomic E-state index is 0.0215. The SMILES string of the molecule is CN(C)CCN(C)CC(O)C(C)(C)C. The quantitative estimate of drug-likeness (QED) is 0.717. The first kappa shape index (κ1) is 13.9. The van der Waals surface area contributed by atoms with Gasteiger partial charge in [0.1, 0.15) is 0 Å². The summed E-state index contributed by atoms with van der Waals surface area (Å²) in [5, 5.41) is 9.87. The zero-order valence-electron chi connectivity index (χ0n) is 10.5. The van der Waals surface area contributed by atoms with E-state index in [1.165, 1.54) is 0 Å². The van der Waals surface area contributed by atoms with Crippen LogP contribution in [0.4, 0.5) is 0 Å². The van der Waals surface area contributed by atoms with Crippen LogP contribution in [0.1, 0.15) is 20.8 Å². The molecule has 0 bridgehead atoms. The monoisotopic (exact) mass is 202 g/mol. The molecule has 0 aromatic carbocycles. The molecule has 1 N–H and O–H groups in total. The lowest BCUT2D eigenvalue weighted by Crippen LogP contribution is -2.40. The lowest BCUT2D eigenvalue weighted by atomic mass is 9.89. The summed E-state index contributed by atoms with van der Waals surface area (Å²) in [7, 11) is 6.18. The van der Waals surface area contributed by atoms with Crippen molar-refractivity contribution in [2.45, 2.75) is 26.9 Å². The van der Waals surface area contributed by atoms with E-state index in [1.54, 1.807) is 0 Å². The maximum Gasteiger partial charge on any atom is 0.0715 e. The third-order valence-electron chi connectivity index (χ3n) is 2.41. The number of nitrogens with zero attached hydrogens (tertiary/aromatic N) is 2. The van der Waals surface area contributed by atoms with Crippen molar-refractivity contribution >= 4 is 0 Å². The maximum atomic E-state index is 9.87. The van der Waals surface area contributed by atoms with Crippen molar-refractivity contribution < 1.29 is 5.11 Å². The molecule has 0 saturated heterocycles. The van der Waals surface area contributed by atoms with Crippen molar-refractivity contribution in [2.75, 3.05) is 40.8 Å². The first-order valence-electron chi connectivity index (χ1n) is 5.25. The van der Waals surface area contributed by atoms with Crippen molar-refractivity contribution in [1.29, 1.82) is 0 Å². The van der Waals surface area contributed by atoms with Gasteiger partial charge in [0.25, 0.3) is 0 Å². The van der Waals surface area contributed by atoms with Gasteiger partial charge in [-0.05, 0) is 26.6 Å². The van der Waals surface area contributed by atoms with Crippen molar-refractivity contribution in [2.24, 2.45) is 5.41 Å². The van der Waals surface area contributed by atoms with Crippen molar-refractivity contribution in [3.8, 4) is 0 Å². The number of aliphatic hydroxyl groups is 1. The van der Waals surface area contributed by atoms with E-state index in [0.29, 0.717) is 0 Å². The second-order valence-electron chi connectivity index (χ2n) is 5.45. The first-order chi connectivity index (χ1) is 6.23. The zero-order valence-corrected chi connectivity index (χ0v) is 10.5. The van der Waals surface area contributed by atoms with Crippen LogP contribution in [0.3, 0.4) is 0 Å². The van der Waals surface area contributed by atoms with Crippen LogP contribution < -0.4 is 0 Å². The van der Waals surface area contributed by atoms with Gasteiger partial charge < -0.3 is 14.9 Å². The topological polar surface area (TPSA) is 26.7 Å². The highest BCUT2D eigenvalue weighted by atomic mass is 16.3. The predicted molar refractivity (Wildman–Crippen MR) is 61.5 cm³/mol. The Hall–Kier alpha value is -0.120. The molecule has 0 radical (unpaired) electrons. The predicted octanol–water partition coefficient (Wildman–Crippen LogP) is 0.887. The molecule has 3 nitrogen and oxygen atoms in total. The van der Waals surface area contributed by atoms with Crippen LogP contribution in [-0.4, -0.2) is 61.8 Å². The Morgan fingerprint density at radius 3 is 1.93 bits per heavy atom. The van der Waals surface area contributed by atoms with E-state index in [-0.39, 0.29) is 11.5 Å². The summed E-state index contributed by atoms with van der Waals surface area (Å²) in [5.74, 6) is 0. The molecule has 0 aromatic heterocycles. The normalized spacial score (nSPS) is 15.2. The molecule has 0 heterocycles. The van der Waals surface area contributed by atoms with Crippen molar-refractivity contribution in [3.63, 3.8) is 0 Å². The van der Waals surface area contributed by atoms with Crippen molar-refractivity contribution in [1.82, 2.24) is 9.80 Å². The molecule has 0 fully saturated rings. The van der Waals surface area contributed by atoms with Crippen LogP contribution in [0.15, 0.2) is 0 Å². The molecule has 1 atom stereocenters. The molecule has 0 aliphatic carbocycles. The Morgan fingerprint density at radius 1 is 1.07 bits per heavy atom. The lowest BCUT2D eigenvalue weighted by Gasteiger charge is -2.30. The van der Waals surface area contributed by atoms with Crippen LogP contribution in [-0.2, 0) is 0 Å². The lowest BCUT2D eigenvalue weighted by molar-refractivity contribution is 0.0339. The van der Waals surface area contributed by atoms with Gasteiger partial charge in [-0.15, -0.1) is 0 Å². The van der Waals surface area contributed by atoms with Gasteiger partial charge in [0.05, 0.1) is 6.10 Å². The average Bonchev–Trinajstić information content (AvgIpc) is 1.99. The van der Waals surface area contributed by atoms with Gasteiger partial charge in [-0.3, -0.25) is 0 Å². The van der Waals surface area contributed by atoms with E-state index in [9.17, 15) is 5.11 Å². The third kappa shape index (κ3) is 6.35. The smallest absolute Gasteiger partial charge is 0.0715 e. The van der Waals surface area contributed by atoms with Crippen LogP contribution in [0.5, 0.6) is 0 Å². The van der Waals surface area contributed by atoms with E-state index >= 15 is 0 Å². The van der Waals surface area contributed by atoms with Gasteiger partial charge in [-0.2, -0.15) is 0 Å². The van der Waals surface area contributed by atoms with Crippen LogP contribution in [0, 0.1) is 5.41 Å². The van der Waals surface area contributed by atoms with Gasteiger partial charge in [0.15, 0.2) is 0 Å². The van der Waals surface area contributed by atoms with Gasteiger partial charge >= 0.3 is 0 Å². The summed E-state index contributed by atoms with van der Waals surface area (Å²) >= 11 is 0. The fourth-order valence-corrected chi connectivity index (χ4v) is 1.03. The molecular weight excluding hydrogens is 176 g/mol. The highest BCUT2D eigenvalue weighted by Crippen LogP contribution is 2.19. The molecule has 0 aliphatic heterocycles. The Bertz CT molecular complexity index is 152. The number of hydrogen-bond donors (Lipinski definition) is 1. The Labute approximate surface area is 88.7 Å². The van der Waals surface area contributed by atoms with Crippen LogP contribution in [0.25, 0.3) is 0 Å². The molecule has 0 aromatic rings. The molecular formula is C11H26N2O. The Morgan fingerprint density at radius 2 is 1.57 bits per heavy atom. The molecule has 0 spiro atoms. The standard InChI is InChI=1S/C11H26N2O/c1-11(2,3)10(14)9-13(6)8-7-12(4)5/h10,14H,7-9H2,1-6H3. The number of rotatable bonds is 5. The van der Waals surface area contributed by atoms with Gasteiger partial charge in [-0.1, -0.05) is 20.8 Å². The summed E-state index contributed by atoms with van der Waals surface area (Å²) in [6, 6.07) is 0. The minimum atomic E-state index is -0.255.